The highest BCUT2D eigenvalue weighted by Crippen LogP contribution is 2.33. The second-order valence-electron chi connectivity index (χ2n) is 4.54. The number of hydrogen-bond acceptors (Lipinski definition) is 3. The van der Waals surface area contributed by atoms with Crippen LogP contribution in [-0.4, -0.2) is 24.3 Å². The predicted molar refractivity (Wildman–Crippen MR) is 58.4 cm³/mol. The molecule has 15 heavy (non-hydrogen) atoms. The van der Waals surface area contributed by atoms with Gasteiger partial charge in [0.25, 0.3) is 0 Å². The van der Waals surface area contributed by atoms with Crippen molar-refractivity contribution in [2.75, 3.05) is 7.11 Å². The maximum Gasteiger partial charge on any atom is 0.334 e. The highest BCUT2D eigenvalue weighted by molar-refractivity contribution is 5.74. The molecule has 1 N–H and O–H groups in total. The van der Waals surface area contributed by atoms with Gasteiger partial charge in [-0.3, -0.25) is 0 Å². The topological polar surface area (TPSA) is 46.5 Å². The van der Waals surface area contributed by atoms with Crippen molar-refractivity contribution in [2.24, 2.45) is 11.8 Å². The summed E-state index contributed by atoms with van der Waals surface area (Å²) in [6.07, 6.45) is 5.81. The summed E-state index contributed by atoms with van der Waals surface area (Å²) in [6, 6.07) is 0. The Bertz CT molecular complexity index is 195. The van der Waals surface area contributed by atoms with Crippen molar-refractivity contribution in [2.45, 2.75) is 51.6 Å². The third-order valence-electron chi connectivity index (χ3n) is 3.48. The molecule has 1 fully saturated rings. The third kappa shape index (κ3) is 3.49. The molecular formula is C12H22O3. The maximum absolute atomic E-state index is 11.1. The lowest BCUT2D eigenvalue weighted by molar-refractivity contribution is -0.154. The number of rotatable bonds is 4. The molecule has 0 saturated heterocycles. The Kier molecular flexibility index (Phi) is 5.09. The van der Waals surface area contributed by atoms with E-state index in [1.807, 2.05) is 0 Å². The van der Waals surface area contributed by atoms with Gasteiger partial charge in [-0.25, -0.2) is 4.79 Å². The Morgan fingerprint density at radius 1 is 1.40 bits per heavy atom. The Morgan fingerprint density at radius 2 is 2.00 bits per heavy atom. The van der Waals surface area contributed by atoms with Gasteiger partial charge >= 0.3 is 5.97 Å². The molecule has 1 atom stereocenters. The van der Waals surface area contributed by atoms with Gasteiger partial charge in [-0.05, 0) is 24.7 Å². The number of esters is 1. The predicted octanol–water partition coefficient (Wildman–Crippen LogP) is 2.13. The first-order chi connectivity index (χ1) is 7.19. The van der Waals surface area contributed by atoms with Crippen LogP contribution < -0.4 is 0 Å². The van der Waals surface area contributed by atoms with E-state index in [0.717, 1.165) is 31.6 Å². The normalized spacial score (nSPS) is 28.5. The lowest BCUT2D eigenvalue weighted by Crippen LogP contribution is -2.33. The van der Waals surface area contributed by atoms with Crippen LogP contribution >= 0.6 is 0 Å². The number of carbonyl (C=O) groups excluding carboxylic acids is 1. The van der Waals surface area contributed by atoms with Crippen LogP contribution in [0.3, 0.4) is 0 Å². The van der Waals surface area contributed by atoms with Crippen molar-refractivity contribution in [3.8, 4) is 0 Å². The average Bonchev–Trinajstić information content (AvgIpc) is 2.28. The van der Waals surface area contributed by atoms with E-state index in [1.165, 1.54) is 20.0 Å². The van der Waals surface area contributed by atoms with E-state index >= 15 is 0 Å². The van der Waals surface area contributed by atoms with Crippen LogP contribution in [-0.2, 0) is 9.53 Å². The third-order valence-corrected chi connectivity index (χ3v) is 3.48. The van der Waals surface area contributed by atoms with Crippen LogP contribution in [0.2, 0.25) is 0 Å². The first kappa shape index (κ1) is 12.5. The standard InChI is InChI=1S/C12H22O3/c1-3-4-9-5-7-10(8-6-9)11(13)12(14)15-2/h9-11,13H,3-8H2,1-2H3. The number of ether oxygens (including phenoxy) is 1. The average molecular weight is 214 g/mol. The molecule has 1 saturated carbocycles. The van der Waals surface area contributed by atoms with Gasteiger partial charge in [0.15, 0.2) is 6.10 Å². The fraction of sp³-hybridized carbons (Fsp3) is 0.917. The smallest absolute Gasteiger partial charge is 0.334 e. The van der Waals surface area contributed by atoms with E-state index in [9.17, 15) is 9.90 Å². The summed E-state index contributed by atoms with van der Waals surface area (Å²) in [5, 5.41) is 9.68. The summed E-state index contributed by atoms with van der Waals surface area (Å²) < 4.78 is 4.55. The monoisotopic (exact) mass is 214 g/mol. The van der Waals surface area contributed by atoms with Crippen LogP contribution in [0.15, 0.2) is 0 Å². The van der Waals surface area contributed by atoms with Crippen LogP contribution in [0.25, 0.3) is 0 Å². The van der Waals surface area contributed by atoms with Crippen LogP contribution in [0.5, 0.6) is 0 Å². The molecule has 3 nitrogen and oxygen atoms in total. The minimum atomic E-state index is -0.905. The SMILES string of the molecule is CCCC1CCC(C(O)C(=O)OC)CC1. The number of aliphatic hydroxyl groups is 1. The zero-order valence-electron chi connectivity index (χ0n) is 9.74. The number of methoxy groups -OCH3 is 1. The molecule has 0 radical (unpaired) electrons. The van der Waals surface area contributed by atoms with Gasteiger partial charge in [-0.15, -0.1) is 0 Å². The van der Waals surface area contributed by atoms with Crippen LogP contribution in [0.1, 0.15) is 45.4 Å². The lowest BCUT2D eigenvalue weighted by atomic mass is 9.78. The second kappa shape index (κ2) is 6.11. The zero-order valence-corrected chi connectivity index (χ0v) is 9.74. The molecule has 0 aromatic carbocycles. The first-order valence-corrected chi connectivity index (χ1v) is 5.95. The summed E-state index contributed by atoms with van der Waals surface area (Å²) in [7, 11) is 1.33. The van der Waals surface area contributed by atoms with Crippen LogP contribution in [0, 0.1) is 11.8 Å². The van der Waals surface area contributed by atoms with Crippen molar-refractivity contribution in [3.63, 3.8) is 0 Å². The molecule has 1 aliphatic carbocycles. The van der Waals surface area contributed by atoms with E-state index in [0.29, 0.717) is 0 Å². The molecule has 1 unspecified atom stereocenters. The van der Waals surface area contributed by atoms with Crippen molar-refractivity contribution in [1.82, 2.24) is 0 Å². The quantitative estimate of drug-likeness (QED) is 0.729. The number of hydrogen-bond donors (Lipinski definition) is 1. The molecular weight excluding hydrogens is 192 g/mol. The van der Waals surface area contributed by atoms with E-state index < -0.39 is 12.1 Å². The lowest BCUT2D eigenvalue weighted by Gasteiger charge is -2.30. The summed E-state index contributed by atoms with van der Waals surface area (Å²) in [4.78, 5) is 11.1. The van der Waals surface area contributed by atoms with E-state index in [4.69, 9.17) is 0 Å². The summed E-state index contributed by atoms with van der Waals surface area (Å²) in [5.41, 5.74) is 0. The first-order valence-electron chi connectivity index (χ1n) is 5.95. The Labute approximate surface area is 91.8 Å². The van der Waals surface area contributed by atoms with Gasteiger partial charge in [0.2, 0.25) is 0 Å². The highest BCUT2D eigenvalue weighted by atomic mass is 16.5. The van der Waals surface area contributed by atoms with Crippen molar-refractivity contribution in [3.05, 3.63) is 0 Å². The number of carbonyl (C=O) groups is 1. The van der Waals surface area contributed by atoms with E-state index in [-0.39, 0.29) is 5.92 Å². The molecule has 0 aliphatic heterocycles. The van der Waals surface area contributed by atoms with Gasteiger partial charge in [0, 0.05) is 0 Å². The Hall–Kier alpha value is -0.570. The zero-order chi connectivity index (χ0) is 11.3. The van der Waals surface area contributed by atoms with Gasteiger partial charge in [-0.1, -0.05) is 32.6 Å². The minimum Gasteiger partial charge on any atom is -0.467 e. The van der Waals surface area contributed by atoms with Crippen molar-refractivity contribution in [1.29, 1.82) is 0 Å². The molecule has 0 spiro atoms. The van der Waals surface area contributed by atoms with E-state index in [2.05, 4.69) is 11.7 Å². The summed E-state index contributed by atoms with van der Waals surface area (Å²) >= 11 is 0. The maximum atomic E-state index is 11.1. The molecule has 0 heterocycles. The molecule has 1 rings (SSSR count). The Morgan fingerprint density at radius 3 is 2.47 bits per heavy atom. The Balaban J connectivity index is 2.33. The molecule has 0 aromatic heterocycles. The van der Waals surface area contributed by atoms with Gasteiger partial charge < -0.3 is 9.84 Å². The van der Waals surface area contributed by atoms with E-state index in [1.54, 1.807) is 0 Å². The van der Waals surface area contributed by atoms with Gasteiger partial charge in [0.1, 0.15) is 0 Å². The second-order valence-corrected chi connectivity index (χ2v) is 4.54. The summed E-state index contributed by atoms with van der Waals surface area (Å²) in [6.45, 7) is 2.20. The molecule has 1 aliphatic rings. The molecule has 88 valence electrons. The van der Waals surface area contributed by atoms with Gasteiger partial charge in [0.05, 0.1) is 7.11 Å². The molecule has 0 amide bonds. The fourth-order valence-electron chi connectivity index (χ4n) is 2.51. The van der Waals surface area contributed by atoms with Crippen molar-refractivity contribution < 1.29 is 14.6 Å². The molecule has 3 heteroatoms. The highest BCUT2D eigenvalue weighted by Gasteiger charge is 2.30. The largest absolute Gasteiger partial charge is 0.467 e. The number of aliphatic hydroxyl groups excluding tert-OH is 1. The fourth-order valence-corrected chi connectivity index (χ4v) is 2.51. The van der Waals surface area contributed by atoms with Crippen molar-refractivity contribution >= 4 is 5.97 Å². The molecule has 0 bridgehead atoms. The van der Waals surface area contributed by atoms with Crippen LogP contribution in [0.4, 0.5) is 0 Å². The molecule has 0 aromatic rings. The minimum absolute atomic E-state index is 0.116. The van der Waals surface area contributed by atoms with Gasteiger partial charge in [-0.2, -0.15) is 0 Å². The summed E-state index contributed by atoms with van der Waals surface area (Å²) in [5.74, 6) is 0.440.